The Kier molecular flexibility index (Phi) is 3.67. The van der Waals surface area contributed by atoms with Crippen molar-refractivity contribution in [2.45, 2.75) is 38.4 Å². The van der Waals surface area contributed by atoms with Gasteiger partial charge in [0.25, 0.3) is 0 Å². The highest BCUT2D eigenvalue weighted by Gasteiger charge is 2.28. The lowest BCUT2D eigenvalue weighted by Gasteiger charge is -2.43. The van der Waals surface area contributed by atoms with Crippen molar-refractivity contribution in [1.29, 1.82) is 0 Å². The summed E-state index contributed by atoms with van der Waals surface area (Å²) in [6.07, 6.45) is 5.60. The Labute approximate surface area is 99.3 Å². The molecule has 2 aliphatic rings. The van der Waals surface area contributed by atoms with Crippen LogP contribution < -0.4 is 5.73 Å². The maximum atomic E-state index is 5.89. The smallest absolute Gasteiger partial charge is 0.0229 e. The highest BCUT2D eigenvalue weighted by Crippen LogP contribution is 2.20. The van der Waals surface area contributed by atoms with Crippen LogP contribution in [0.2, 0.25) is 0 Å². The van der Waals surface area contributed by atoms with Gasteiger partial charge in [-0.1, -0.05) is 12.2 Å². The summed E-state index contributed by atoms with van der Waals surface area (Å²) in [5.41, 5.74) is 5.89. The van der Waals surface area contributed by atoms with Crippen molar-refractivity contribution in [3.8, 4) is 0 Å². The molecule has 1 fully saturated rings. The van der Waals surface area contributed by atoms with E-state index in [0.29, 0.717) is 24.0 Å². The molecule has 0 bridgehead atoms. The molecule has 1 heterocycles. The molecule has 2 N–H and O–H groups in total. The van der Waals surface area contributed by atoms with Crippen molar-refractivity contribution in [3.63, 3.8) is 0 Å². The SMILES string of the molecule is CC1CN(CC2C=CC(N)C2)CC(C)N1C. The van der Waals surface area contributed by atoms with Crippen LogP contribution in [-0.2, 0) is 0 Å². The van der Waals surface area contributed by atoms with E-state index in [1.165, 1.54) is 19.6 Å². The highest BCUT2D eigenvalue weighted by molar-refractivity contribution is 5.05. The molecule has 92 valence electrons. The summed E-state index contributed by atoms with van der Waals surface area (Å²) in [6, 6.07) is 1.64. The summed E-state index contributed by atoms with van der Waals surface area (Å²) in [7, 11) is 2.23. The van der Waals surface area contributed by atoms with Crippen LogP contribution in [-0.4, -0.2) is 54.6 Å². The van der Waals surface area contributed by atoms with Gasteiger partial charge < -0.3 is 5.73 Å². The Hall–Kier alpha value is -0.380. The molecule has 3 nitrogen and oxygen atoms in total. The van der Waals surface area contributed by atoms with E-state index in [-0.39, 0.29) is 0 Å². The average Bonchev–Trinajstić information content (AvgIpc) is 2.60. The Morgan fingerprint density at radius 3 is 2.31 bits per heavy atom. The fourth-order valence-corrected chi connectivity index (χ4v) is 2.94. The molecule has 0 saturated carbocycles. The van der Waals surface area contributed by atoms with Crippen LogP contribution in [0.1, 0.15) is 20.3 Å². The van der Waals surface area contributed by atoms with Gasteiger partial charge in [0, 0.05) is 37.8 Å². The van der Waals surface area contributed by atoms with Crippen molar-refractivity contribution in [2.24, 2.45) is 11.7 Å². The monoisotopic (exact) mass is 223 g/mol. The number of rotatable bonds is 2. The van der Waals surface area contributed by atoms with Gasteiger partial charge in [0.2, 0.25) is 0 Å². The second kappa shape index (κ2) is 4.86. The number of likely N-dealkylation sites (N-methyl/N-ethyl adjacent to an activating group) is 1. The predicted molar refractivity (Wildman–Crippen MR) is 68.3 cm³/mol. The zero-order chi connectivity index (χ0) is 11.7. The lowest BCUT2D eigenvalue weighted by atomic mass is 10.0. The fourth-order valence-electron chi connectivity index (χ4n) is 2.94. The van der Waals surface area contributed by atoms with E-state index in [1.54, 1.807) is 0 Å². The zero-order valence-electron chi connectivity index (χ0n) is 10.8. The standard InChI is InChI=1S/C13H25N3/c1-10-7-16(8-11(2)15(10)3)9-12-4-5-13(14)6-12/h4-5,10-13H,6-9,14H2,1-3H3. The van der Waals surface area contributed by atoms with Crippen molar-refractivity contribution in [1.82, 2.24) is 9.80 Å². The minimum atomic E-state index is 0.298. The Balaban J connectivity index is 1.85. The first kappa shape index (κ1) is 12.1. The minimum Gasteiger partial charge on any atom is -0.324 e. The number of hydrogen-bond donors (Lipinski definition) is 1. The lowest BCUT2D eigenvalue weighted by molar-refractivity contribution is 0.0541. The van der Waals surface area contributed by atoms with Gasteiger partial charge in [-0.25, -0.2) is 0 Å². The van der Waals surface area contributed by atoms with Crippen LogP contribution in [0.25, 0.3) is 0 Å². The molecule has 1 saturated heterocycles. The molecular formula is C13H25N3. The summed E-state index contributed by atoms with van der Waals surface area (Å²) < 4.78 is 0. The van der Waals surface area contributed by atoms with Gasteiger partial charge in [0.1, 0.15) is 0 Å². The maximum absolute atomic E-state index is 5.89. The minimum absolute atomic E-state index is 0.298. The molecule has 0 amide bonds. The third-order valence-corrected chi connectivity index (χ3v) is 4.13. The fraction of sp³-hybridized carbons (Fsp3) is 0.846. The number of hydrogen-bond acceptors (Lipinski definition) is 3. The molecule has 0 aromatic carbocycles. The Morgan fingerprint density at radius 2 is 1.81 bits per heavy atom. The lowest BCUT2D eigenvalue weighted by Crippen LogP contribution is -2.55. The second-order valence-corrected chi connectivity index (χ2v) is 5.63. The number of piperazine rings is 1. The quantitative estimate of drug-likeness (QED) is 0.706. The normalized spacial score (nSPS) is 41.8. The first-order chi connectivity index (χ1) is 7.56. The summed E-state index contributed by atoms with van der Waals surface area (Å²) >= 11 is 0. The van der Waals surface area contributed by atoms with Crippen LogP contribution in [0.15, 0.2) is 12.2 Å². The zero-order valence-corrected chi connectivity index (χ0v) is 10.8. The Bertz CT molecular complexity index is 252. The van der Waals surface area contributed by atoms with Crippen LogP contribution in [0, 0.1) is 5.92 Å². The van der Waals surface area contributed by atoms with Crippen molar-refractivity contribution < 1.29 is 0 Å². The predicted octanol–water partition coefficient (Wildman–Crippen LogP) is 0.914. The van der Waals surface area contributed by atoms with Crippen molar-refractivity contribution in [2.75, 3.05) is 26.7 Å². The topological polar surface area (TPSA) is 32.5 Å². The number of nitrogens with zero attached hydrogens (tertiary/aromatic N) is 2. The van der Waals surface area contributed by atoms with Gasteiger partial charge in [0.15, 0.2) is 0 Å². The summed E-state index contributed by atoms with van der Waals surface area (Å²) in [5.74, 6) is 0.679. The largest absolute Gasteiger partial charge is 0.324 e. The highest BCUT2D eigenvalue weighted by atomic mass is 15.3. The Morgan fingerprint density at radius 1 is 1.19 bits per heavy atom. The van der Waals surface area contributed by atoms with Crippen molar-refractivity contribution >= 4 is 0 Å². The second-order valence-electron chi connectivity index (χ2n) is 5.63. The third kappa shape index (κ3) is 2.65. The molecule has 0 radical (unpaired) electrons. The van der Waals surface area contributed by atoms with Gasteiger partial charge in [-0.05, 0) is 33.2 Å². The molecule has 1 aliphatic heterocycles. The van der Waals surface area contributed by atoms with Crippen LogP contribution in [0.3, 0.4) is 0 Å². The van der Waals surface area contributed by atoms with Gasteiger partial charge in [0.05, 0.1) is 0 Å². The molecule has 1 aliphatic carbocycles. The van der Waals surface area contributed by atoms with E-state index in [0.717, 1.165) is 6.42 Å². The van der Waals surface area contributed by atoms with Crippen LogP contribution in [0.5, 0.6) is 0 Å². The third-order valence-electron chi connectivity index (χ3n) is 4.13. The van der Waals surface area contributed by atoms with E-state index < -0.39 is 0 Å². The van der Waals surface area contributed by atoms with Gasteiger partial charge in [-0.3, -0.25) is 9.80 Å². The average molecular weight is 223 g/mol. The molecule has 0 aromatic heterocycles. The number of nitrogens with two attached hydrogens (primary N) is 1. The molecule has 16 heavy (non-hydrogen) atoms. The molecule has 0 spiro atoms. The molecule has 3 heteroatoms. The summed E-state index contributed by atoms with van der Waals surface area (Å²) in [4.78, 5) is 5.08. The van der Waals surface area contributed by atoms with E-state index in [1.807, 2.05) is 0 Å². The summed E-state index contributed by atoms with van der Waals surface area (Å²) in [6.45, 7) is 8.21. The molecule has 4 atom stereocenters. The molecule has 2 rings (SSSR count). The van der Waals surface area contributed by atoms with Crippen molar-refractivity contribution in [3.05, 3.63) is 12.2 Å². The van der Waals surface area contributed by atoms with Gasteiger partial charge >= 0.3 is 0 Å². The maximum Gasteiger partial charge on any atom is 0.0229 e. The first-order valence-electron chi connectivity index (χ1n) is 6.44. The molecular weight excluding hydrogens is 198 g/mol. The van der Waals surface area contributed by atoms with Gasteiger partial charge in [-0.15, -0.1) is 0 Å². The van der Waals surface area contributed by atoms with Gasteiger partial charge in [-0.2, -0.15) is 0 Å². The first-order valence-corrected chi connectivity index (χ1v) is 6.44. The van der Waals surface area contributed by atoms with E-state index >= 15 is 0 Å². The summed E-state index contributed by atoms with van der Waals surface area (Å²) in [5, 5.41) is 0. The molecule has 0 aromatic rings. The van der Waals surface area contributed by atoms with Crippen LogP contribution in [0.4, 0.5) is 0 Å². The van der Waals surface area contributed by atoms with Crippen LogP contribution >= 0.6 is 0 Å². The molecule has 4 unspecified atom stereocenters. The van der Waals surface area contributed by atoms with E-state index in [9.17, 15) is 0 Å². The van der Waals surface area contributed by atoms with E-state index in [4.69, 9.17) is 5.73 Å². The van der Waals surface area contributed by atoms with E-state index in [2.05, 4.69) is 42.8 Å².